The first-order valence-corrected chi connectivity index (χ1v) is 9.03. The maximum atomic E-state index is 12.8. The van der Waals surface area contributed by atoms with Gasteiger partial charge in [-0.1, -0.05) is 20.8 Å². The van der Waals surface area contributed by atoms with Crippen LogP contribution in [0.1, 0.15) is 52.5 Å². The molecule has 1 unspecified atom stereocenters. The second kappa shape index (κ2) is 8.35. The number of hydrogen-bond acceptors (Lipinski definition) is 4. The van der Waals surface area contributed by atoms with Gasteiger partial charge in [-0.25, -0.2) is 0 Å². The Hall–Kier alpha value is -2.06. The van der Waals surface area contributed by atoms with Gasteiger partial charge in [0.1, 0.15) is 17.4 Å². The number of ether oxygens (including phenoxy) is 2. The summed E-state index contributed by atoms with van der Waals surface area (Å²) in [5.41, 5.74) is 0.196. The van der Waals surface area contributed by atoms with Crippen molar-refractivity contribution in [1.82, 2.24) is 0 Å². The highest BCUT2D eigenvalue weighted by molar-refractivity contribution is 5.97. The Kier molecular flexibility index (Phi) is 6.44. The Morgan fingerprint density at radius 3 is 2.72 bits per heavy atom. The molecule has 2 rings (SSSR count). The van der Waals surface area contributed by atoms with E-state index in [2.05, 4.69) is 25.2 Å². The van der Waals surface area contributed by atoms with Crippen LogP contribution in [0.2, 0.25) is 0 Å². The average molecular weight is 344 g/mol. The highest BCUT2D eigenvalue weighted by atomic mass is 16.5. The van der Waals surface area contributed by atoms with Crippen LogP contribution in [-0.2, 0) is 9.53 Å². The van der Waals surface area contributed by atoms with Crippen LogP contribution in [-0.4, -0.2) is 24.7 Å². The summed E-state index contributed by atoms with van der Waals surface area (Å²) in [4.78, 5) is 12.8. The Labute approximate surface area is 150 Å². The van der Waals surface area contributed by atoms with E-state index in [1.165, 1.54) is 0 Å². The zero-order chi connectivity index (χ0) is 18.4. The lowest BCUT2D eigenvalue weighted by atomic mass is 9.98. The molecule has 25 heavy (non-hydrogen) atoms. The maximum absolute atomic E-state index is 12.8. The van der Waals surface area contributed by atoms with Gasteiger partial charge in [-0.15, -0.1) is 0 Å². The number of nitriles is 1. The SMILES string of the molecule is CCCOC(C)(C(=O)Nc1ccc(OCC(C)C)c(C#N)c1)C1CC1. The van der Waals surface area contributed by atoms with Crippen LogP contribution < -0.4 is 10.1 Å². The first-order chi connectivity index (χ1) is 11.9. The molecule has 0 spiro atoms. The van der Waals surface area contributed by atoms with Crippen molar-refractivity contribution in [3.63, 3.8) is 0 Å². The van der Waals surface area contributed by atoms with Gasteiger partial charge in [0.05, 0.1) is 12.2 Å². The van der Waals surface area contributed by atoms with Gasteiger partial charge in [-0.05, 0) is 56.2 Å². The van der Waals surface area contributed by atoms with Crippen molar-refractivity contribution in [3.05, 3.63) is 23.8 Å². The fourth-order valence-corrected chi connectivity index (χ4v) is 2.65. The quantitative estimate of drug-likeness (QED) is 0.731. The third-order valence-electron chi connectivity index (χ3n) is 4.34. The number of amides is 1. The van der Waals surface area contributed by atoms with Gasteiger partial charge in [0, 0.05) is 12.3 Å². The number of rotatable bonds is 9. The summed E-state index contributed by atoms with van der Waals surface area (Å²) >= 11 is 0. The van der Waals surface area contributed by atoms with Gasteiger partial charge >= 0.3 is 0 Å². The molecule has 1 saturated carbocycles. The molecule has 0 aromatic heterocycles. The molecule has 1 aliphatic carbocycles. The third-order valence-corrected chi connectivity index (χ3v) is 4.34. The summed E-state index contributed by atoms with van der Waals surface area (Å²) in [6, 6.07) is 7.29. The second-order valence-electron chi connectivity index (χ2n) is 7.21. The molecule has 1 aliphatic rings. The molecular formula is C20H28N2O3. The molecular weight excluding hydrogens is 316 g/mol. The van der Waals surface area contributed by atoms with Gasteiger partial charge in [-0.3, -0.25) is 4.79 Å². The summed E-state index contributed by atoms with van der Waals surface area (Å²) in [7, 11) is 0. The van der Waals surface area contributed by atoms with Gasteiger partial charge < -0.3 is 14.8 Å². The number of nitrogens with zero attached hydrogens (tertiary/aromatic N) is 1. The van der Waals surface area contributed by atoms with E-state index in [1.54, 1.807) is 18.2 Å². The molecule has 0 radical (unpaired) electrons. The highest BCUT2D eigenvalue weighted by Crippen LogP contribution is 2.42. The number of nitrogens with one attached hydrogen (secondary N) is 1. The zero-order valence-electron chi connectivity index (χ0n) is 15.6. The van der Waals surface area contributed by atoms with E-state index in [-0.39, 0.29) is 11.8 Å². The summed E-state index contributed by atoms with van der Waals surface area (Å²) in [6.07, 6.45) is 2.90. The molecule has 5 heteroatoms. The van der Waals surface area contributed by atoms with Crippen LogP contribution in [0.25, 0.3) is 0 Å². The van der Waals surface area contributed by atoms with Gasteiger partial charge in [0.15, 0.2) is 0 Å². The van der Waals surface area contributed by atoms with E-state index in [0.717, 1.165) is 19.3 Å². The van der Waals surface area contributed by atoms with E-state index in [0.29, 0.717) is 36.1 Å². The summed E-state index contributed by atoms with van der Waals surface area (Å²) in [5, 5.41) is 12.3. The van der Waals surface area contributed by atoms with Crippen molar-refractivity contribution in [2.75, 3.05) is 18.5 Å². The van der Waals surface area contributed by atoms with Crippen molar-refractivity contribution in [2.24, 2.45) is 11.8 Å². The molecule has 0 saturated heterocycles. The van der Waals surface area contributed by atoms with Crippen molar-refractivity contribution >= 4 is 11.6 Å². The highest BCUT2D eigenvalue weighted by Gasteiger charge is 2.48. The predicted molar refractivity (Wildman–Crippen MR) is 97.5 cm³/mol. The Balaban J connectivity index is 2.10. The number of carbonyl (C=O) groups is 1. The van der Waals surface area contributed by atoms with E-state index in [1.807, 2.05) is 13.8 Å². The number of anilines is 1. The van der Waals surface area contributed by atoms with Crippen LogP contribution >= 0.6 is 0 Å². The van der Waals surface area contributed by atoms with Crippen LogP contribution in [0.5, 0.6) is 5.75 Å². The zero-order valence-corrected chi connectivity index (χ0v) is 15.6. The van der Waals surface area contributed by atoms with E-state index in [9.17, 15) is 10.1 Å². The minimum atomic E-state index is -0.810. The number of carbonyl (C=O) groups excluding carboxylic acids is 1. The molecule has 1 amide bonds. The Morgan fingerprint density at radius 1 is 1.44 bits per heavy atom. The molecule has 0 bridgehead atoms. The lowest BCUT2D eigenvalue weighted by Gasteiger charge is -2.28. The number of benzene rings is 1. The number of hydrogen-bond donors (Lipinski definition) is 1. The van der Waals surface area contributed by atoms with E-state index in [4.69, 9.17) is 9.47 Å². The van der Waals surface area contributed by atoms with Gasteiger partial charge in [0.25, 0.3) is 5.91 Å². The van der Waals surface area contributed by atoms with E-state index < -0.39 is 5.60 Å². The predicted octanol–water partition coefficient (Wildman–Crippen LogP) is 4.13. The molecule has 1 aromatic carbocycles. The monoisotopic (exact) mass is 344 g/mol. The Morgan fingerprint density at radius 2 is 2.16 bits per heavy atom. The first kappa shape index (κ1) is 19.3. The summed E-state index contributed by atoms with van der Waals surface area (Å²) in [5.74, 6) is 1.04. The summed E-state index contributed by atoms with van der Waals surface area (Å²) < 4.78 is 11.5. The lowest BCUT2D eigenvalue weighted by Crippen LogP contribution is -2.45. The smallest absolute Gasteiger partial charge is 0.256 e. The molecule has 0 aliphatic heterocycles. The molecule has 1 fully saturated rings. The normalized spacial score (nSPS) is 16.2. The molecule has 1 aromatic rings. The van der Waals surface area contributed by atoms with Crippen LogP contribution in [0.4, 0.5) is 5.69 Å². The molecule has 0 heterocycles. The molecule has 136 valence electrons. The van der Waals surface area contributed by atoms with Crippen molar-refractivity contribution < 1.29 is 14.3 Å². The second-order valence-corrected chi connectivity index (χ2v) is 7.21. The fourth-order valence-electron chi connectivity index (χ4n) is 2.65. The van der Waals surface area contributed by atoms with Crippen molar-refractivity contribution in [1.29, 1.82) is 5.26 Å². The third kappa shape index (κ3) is 4.96. The minimum Gasteiger partial charge on any atom is -0.492 e. The van der Waals surface area contributed by atoms with E-state index >= 15 is 0 Å². The van der Waals surface area contributed by atoms with Crippen LogP contribution in [0, 0.1) is 23.2 Å². The fraction of sp³-hybridized carbons (Fsp3) is 0.600. The average Bonchev–Trinajstić information content (AvgIpc) is 3.43. The standard InChI is InChI=1S/C20H28N2O3/c1-5-10-25-20(4,16-6-7-16)19(23)22-17-8-9-18(15(11-17)12-21)24-13-14(2)3/h8-9,11,14,16H,5-7,10,13H2,1-4H3,(H,22,23). The van der Waals surface area contributed by atoms with Gasteiger partial charge in [0.2, 0.25) is 0 Å². The summed E-state index contributed by atoms with van der Waals surface area (Å²) in [6.45, 7) is 9.10. The van der Waals surface area contributed by atoms with Gasteiger partial charge in [-0.2, -0.15) is 5.26 Å². The topological polar surface area (TPSA) is 71.3 Å². The molecule has 1 atom stereocenters. The van der Waals surface area contributed by atoms with Crippen LogP contribution in [0.15, 0.2) is 18.2 Å². The maximum Gasteiger partial charge on any atom is 0.256 e. The van der Waals surface area contributed by atoms with Crippen LogP contribution in [0.3, 0.4) is 0 Å². The first-order valence-electron chi connectivity index (χ1n) is 9.03. The van der Waals surface area contributed by atoms with Crippen molar-refractivity contribution in [3.8, 4) is 11.8 Å². The Bertz CT molecular complexity index is 647. The lowest BCUT2D eigenvalue weighted by molar-refractivity contribution is -0.142. The largest absolute Gasteiger partial charge is 0.492 e. The minimum absolute atomic E-state index is 0.150. The van der Waals surface area contributed by atoms with Crippen molar-refractivity contribution in [2.45, 2.75) is 52.6 Å². The molecule has 1 N–H and O–H groups in total. The molecule has 5 nitrogen and oxygen atoms in total.